The molecule has 0 aliphatic rings. The minimum Gasteiger partial charge on any atom is -0.371 e. The van der Waals surface area contributed by atoms with Crippen molar-refractivity contribution >= 4 is 23.1 Å². The number of nitrogens with one attached hydrogen (secondary N) is 2. The van der Waals surface area contributed by atoms with Gasteiger partial charge < -0.3 is 10.6 Å². The summed E-state index contributed by atoms with van der Waals surface area (Å²) in [6.45, 7) is 1.14. The molecule has 2 aromatic rings. The van der Waals surface area contributed by atoms with E-state index in [4.69, 9.17) is 12.2 Å². The van der Waals surface area contributed by atoms with Crippen LogP contribution in [0.5, 0.6) is 0 Å². The minimum absolute atomic E-state index is 0.234. The lowest BCUT2D eigenvalue weighted by molar-refractivity contribution is -0.115. The molecule has 0 spiro atoms. The van der Waals surface area contributed by atoms with E-state index in [1.165, 1.54) is 5.56 Å². The fourth-order valence-electron chi connectivity index (χ4n) is 1.90. The summed E-state index contributed by atoms with van der Waals surface area (Å²) in [4.78, 5) is 12.1. The molecule has 0 bridgehead atoms. The van der Waals surface area contributed by atoms with Crippen molar-refractivity contribution in [1.29, 1.82) is 0 Å². The smallest absolute Gasteiger partial charge is 0.278 e. The lowest BCUT2D eigenvalue weighted by Gasteiger charge is -2.09. The summed E-state index contributed by atoms with van der Waals surface area (Å²) in [5.74, 6) is -0.234. The van der Waals surface area contributed by atoms with Crippen molar-refractivity contribution in [1.82, 2.24) is 10.6 Å². The van der Waals surface area contributed by atoms with Crippen LogP contribution in [0.1, 0.15) is 11.1 Å². The molecule has 4 heteroatoms. The van der Waals surface area contributed by atoms with Crippen LogP contribution in [0.15, 0.2) is 60.7 Å². The monoisotopic (exact) mass is 298 g/mol. The molecule has 108 valence electrons. The van der Waals surface area contributed by atoms with Crippen LogP contribution in [0.2, 0.25) is 0 Å². The van der Waals surface area contributed by atoms with Crippen LogP contribution < -0.4 is 10.6 Å². The highest BCUT2D eigenvalue weighted by atomic mass is 32.1. The molecule has 3 nitrogen and oxygen atoms in total. The van der Waals surface area contributed by atoms with Gasteiger partial charge in [-0.2, -0.15) is 0 Å². The first kappa shape index (κ1) is 15.2. The highest BCUT2D eigenvalue weighted by molar-refractivity contribution is 7.82. The van der Waals surface area contributed by atoms with Crippen LogP contribution in [-0.2, 0) is 17.8 Å². The van der Waals surface area contributed by atoms with Crippen LogP contribution in [-0.4, -0.2) is 17.4 Å². The summed E-state index contributed by atoms with van der Waals surface area (Å²) in [5, 5.41) is 5.79. The fourth-order valence-corrected chi connectivity index (χ4v) is 2.08. The summed E-state index contributed by atoms with van der Waals surface area (Å²) < 4.78 is 0. The number of rotatable bonds is 5. The summed E-state index contributed by atoms with van der Waals surface area (Å²) in [5.41, 5.74) is 2.27. The van der Waals surface area contributed by atoms with E-state index in [1.807, 2.05) is 48.5 Å². The van der Waals surface area contributed by atoms with Crippen LogP contribution in [0.4, 0.5) is 0 Å². The van der Waals surface area contributed by atoms with Crippen LogP contribution in [0, 0.1) is 0 Å². The van der Waals surface area contributed by atoms with E-state index in [1.54, 1.807) is 0 Å². The van der Waals surface area contributed by atoms with Gasteiger partial charge in [0.25, 0.3) is 5.91 Å². The molecule has 0 aromatic heterocycles. The van der Waals surface area contributed by atoms with E-state index in [9.17, 15) is 4.79 Å². The zero-order valence-corrected chi connectivity index (χ0v) is 12.5. The Hall–Kier alpha value is -2.20. The molecule has 0 fully saturated rings. The highest BCUT2D eigenvalue weighted by Crippen LogP contribution is 1.99. The van der Waals surface area contributed by atoms with Crippen molar-refractivity contribution in [3.63, 3.8) is 0 Å². The first-order valence-electron chi connectivity index (χ1n) is 6.89. The van der Waals surface area contributed by atoms with E-state index in [0.717, 1.165) is 12.0 Å². The third kappa shape index (κ3) is 5.36. The molecule has 0 aliphatic heterocycles. The predicted octanol–water partition coefficient (Wildman–Crippen LogP) is 2.46. The Balaban J connectivity index is 1.69. The lowest BCUT2D eigenvalue weighted by Crippen LogP contribution is -2.39. The van der Waals surface area contributed by atoms with Crippen molar-refractivity contribution in [2.75, 3.05) is 6.54 Å². The van der Waals surface area contributed by atoms with E-state index in [0.29, 0.717) is 13.1 Å². The van der Waals surface area contributed by atoms with Gasteiger partial charge in [-0.3, -0.25) is 4.79 Å². The van der Waals surface area contributed by atoms with Crippen LogP contribution >= 0.6 is 12.2 Å². The van der Waals surface area contributed by atoms with E-state index < -0.39 is 0 Å². The van der Waals surface area contributed by atoms with E-state index in [2.05, 4.69) is 22.8 Å². The molecule has 0 saturated carbocycles. The van der Waals surface area contributed by atoms with Gasteiger partial charge in [-0.15, -0.1) is 0 Å². The van der Waals surface area contributed by atoms with Gasteiger partial charge in [-0.25, -0.2) is 0 Å². The number of carbonyl (C=O) groups is 1. The summed E-state index contributed by atoms with van der Waals surface area (Å²) in [6.07, 6.45) is 0.840. The summed E-state index contributed by atoms with van der Waals surface area (Å²) in [6, 6.07) is 19.9. The van der Waals surface area contributed by atoms with Gasteiger partial charge in [0.2, 0.25) is 0 Å². The van der Waals surface area contributed by atoms with Gasteiger partial charge in [-0.1, -0.05) is 72.9 Å². The molecular formula is C17H18N2OS. The molecule has 0 radical (unpaired) electrons. The third-order valence-electron chi connectivity index (χ3n) is 3.04. The molecule has 0 saturated heterocycles. The van der Waals surface area contributed by atoms with Gasteiger partial charge in [0.05, 0.1) is 0 Å². The Morgan fingerprint density at radius 1 is 0.857 bits per heavy atom. The van der Waals surface area contributed by atoms with E-state index in [-0.39, 0.29) is 10.9 Å². The minimum atomic E-state index is -0.234. The second kappa shape index (κ2) is 8.17. The summed E-state index contributed by atoms with van der Waals surface area (Å²) in [7, 11) is 0. The lowest BCUT2D eigenvalue weighted by atomic mass is 10.1. The maximum Gasteiger partial charge on any atom is 0.278 e. The first-order valence-corrected chi connectivity index (χ1v) is 7.30. The molecule has 21 heavy (non-hydrogen) atoms. The van der Waals surface area contributed by atoms with Gasteiger partial charge in [0, 0.05) is 13.1 Å². The number of benzene rings is 2. The van der Waals surface area contributed by atoms with Crippen molar-refractivity contribution in [3.05, 3.63) is 71.8 Å². The fraction of sp³-hybridized carbons (Fsp3) is 0.176. The Morgan fingerprint density at radius 3 is 2.05 bits per heavy atom. The average molecular weight is 298 g/mol. The van der Waals surface area contributed by atoms with Gasteiger partial charge in [0.15, 0.2) is 4.99 Å². The largest absolute Gasteiger partial charge is 0.371 e. The molecule has 0 heterocycles. The van der Waals surface area contributed by atoms with E-state index >= 15 is 0 Å². The Labute approximate surface area is 130 Å². The first-order chi connectivity index (χ1) is 10.3. The zero-order chi connectivity index (χ0) is 14.9. The van der Waals surface area contributed by atoms with Crippen LogP contribution in [0.25, 0.3) is 0 Å². The molecule has 0 aliphatic carbocycles. The highest BCUT2D eigenvalue weighted by Gasteiger charge is 2.07. The SMILES string of the molecule is O=C(NCc1ccccc1)C(=S)NCCc1ccccc1. The van der Waals surface area contributed by atoms with Crippen molar-refractivity contribution < 1.29 is 4.79 Å². The quantitative estimate of drug-likeness (QED) is 0.833. The molecule has 2 N–H and O–H groups in total. The standard InChI is InChI=1S/C17H18N2OS/c20-16(19-13-15-9-5-2-6-10-15)17(21)18-12-11-14-7-3-1-4-8-14/h1-10H,11-13H2,(H,18,21)(H,19,20). The number of carbonyl (C=O) groups excluding carboxylic acids is 1. The van der Waals surface area contributed by atoms with Gasteiger partial charge in [-0.05, 0) is 17.5 Å². The second-order valence-corrected chi connectivity index (χ2v) is 5.07. The molecule has 2 rings (SSSR count). The predicted molar refractivity (Wildman–Crippen MR) is 89.0 cm³/mol. The number of hydrogen-bond donors (Lipinski definition) is 2. The van der Waals surface area contributed by atoms with Crippen molar-refractivity contribution in [3.8, 4) is 0 Å². The molecule has 2 aromatic carbocycles. The average Bonchev–Trinajstić information content (AvgIpc) is 2.54. The van der Waals surface area contributed by atoms with Crippen LogP contribution in [0.3, 0.4) is 0 Å². The normalized spacial score (nSPS) is 9.90. The van der Waals surface area contributed by atoms with Crippen molar-refractivity contribution in [2.45, 2.75) is 13.0 Å². The number of amides is 1. The molecule has 0 atom stereocenters. The Morgan fingerprint density at radius 2 is 1.43 bits per heavy atom. The zero-order valence-electron chi connectivity index (χ0n) is 11.7. The Bertz CT molecular complexity index is 584. The maximum atomic E-state index is 11.8. The third-order valence-corrected chi connectivity index (χ3v) is 3.37. The number of thiocarbonyl (C=S) groups is 1. The molecule has 1 amide bonds. The Kier molecular flexibility index (Phi) is 5.91. The van der Waals surface area contributed by atoms with Gasteiger partial charge in [0.1, 0.15) is 0 Å². The van der Waals surface area contributed by atoms with Gasteiger partial charge >= 0.3 is 0 Å². The summed E-state index contributed by atoms with van der Waals surface area (Å²) >= 11 is 5.08. The molecular weight excluding hydrogens is 280 g/mol. The molecule has 0 unspecified atom stereocenters. The maximum absolute atomic E-state index is 11.8. The topological polar surface area (TPSA) is 41.1 Å². The van der Waals surface area contributed by atoms with Crippen molar-refractivity contribution in [2.24, 2.45) is 0 Å². The number of hydrogen-bond acceptors (Lipinski definition) is 2. The second-order valence-electron chi connectivity index (χ2n) is 4.66.